The van der Waals surface area contributed by atoms with Crippen molar-refractivity contribution < 1.29 is 9.53 Å². The maximum Gasteiger partial charge on any atom is 0.251 e. The van der Waals surface area contributed by atoms with Crippen molar-refractivity contribution in [1.29, 1.82) is 0 Å². The lowest BCUT2D eigenvalue weighted by atomic mass is 10.2. The van der Waals surface area contributed by atoms with Crippen LogP contribution < -0.4 is 5.32 Å². The van der Waals surface area contributed by atoms with E-state index in [9.17, 15) is 4.79 Å². The molecule has 0 aliphatic rings. The van der Waals surface area contributed by atoms with Crippen molar-refractivity contribution in [2.24, 2.45) is 0 Å². The molecule has 2 rings (SSSR count). The van der Waals surface area contributed by atoms with Crippen LogP contribution in [0, 0.1) is 0 Å². The molecule has 0 aliphatic heterocycles. The quantitative estimate of drug-likeness (QED) is 0.884. The first-order chi connectivity index (χ1) is 10.1. The molecule has 110 valence electrons. The zero-order valence-electron chi connectivity index (χ0n) is 11.9. The zero-order chi connectivity index (χ0) is 15.1. The highest BCUT2D eigenvalue weighted by atomic mass is 35.5. The first-order valence-corrected chi connectivity index (χ1v) is 7.21. The molecule has 0 spiro atoms. The van der Waals surface area contributed by atoms with Crippen molar-refractivity contribution >= 4 is 17.5 Å². The molecule has 3 nitrogen and oxygen atoms in total. The highest BCUT2D eigenvalue weighted by molar-refractivity contribution is 6.30. The Morgan fingerprint density at radius 1 is 1.19 bits per heavy atom. The van der Waals surface area contributed by atoms with Gasteiger partial charge in [0.05, 0.1) is 13.2 Å². The van der Waals surface area contributed by atoms with Crippen molar-refractivity contribution in [3.63, 3.8) is 0 Å². The molecular formula is C17H18ClNO2. The molecule has 21 heavy (non-hydrogen) atoms. The molecule has 2 aromatic rings. The Kier molecular flexibility index (Phi) is 5.78. The van der Waals surface area contributed by atoms with E-state index in [0.717, 1.165) is 5.56 Å². The standard InChI is InChI=1S/C17H18ClNO2/c1-13(11-21-12-14-6-3-2-4-7-14)19-17(20)15-8-5-9-16(18)10-15/h2-10,13H,11-12H2,1H3,(H,19,20). The van der Waals surface area contributed by atoms with Crippen molar-refractivity contribution in [2.45, 2.75) is 19.6 Å². The van der Waals surface area contributed by atoms with Crippen LogP contribution in [0.15, 0.2) is 54.6 Å². The van der Waals surface area contributed by atoms with E-state index in [0.29, 0.717) is 23.8 Å². The van der Waals surface area contributed by atoms with Gasteiger partial charge in [-0.1, -0.05) is 48.0 Å². The number of benzene rings is 2. The van der Waals surface area contributed by atoms with Crippen molar-refractivity contribution in [2.75, 3.05) is 6.61 Å². The normalized spacial score (nSPS) is 11.9. The molecule has 0 fully saturated rings. The second-order valence-electron chi connectivity index (χ2n) is 4.89. The van der Waals surface area contributed by atoms with E-state index in [2.05, 4.69) is 5.32 Å². The van der Waals surface area contributed by atoms with Gasteiger partial charge in [-0.15, -0.1) is 0 Å². The minimum Gasteiger partial charge on any atom is -0.375 e. The zero-order valence-corrected chi connectivity index (χ0v) is 12.6. The number of carbonyl (C=O) groups excluding carboxylic acids is 1. The molecule has 0 heterocycles. The van der Waals surface area contributed by atoms with E-state index in [1.165, 1.54) is 0 Å². The number of hydrogen-bond acceptors (Lipinski definition) is 2. The van der Waals surface area contributed by atoms with Crippen LogP contribution in [0.1, 0.15) is 22.8 Å². The minimum absolute atomic E-state index is 0.0693. The van der Waals surface area contributed by atoms with Crippen LogP contribution in [-0.4, -0.2) is 18.6 Å². The largest absolute Gasteiger partial charge is 0.375 e. The first-order valence-electron chi connectivity index (χ1n) is 6.83. The van der Waals surface area contributed by atoms with Gasteiger partial charge in [-0.05, 0) is 30.7 Å². The highest BCUT2D eigenvalue weighted by Gasteiger charge is 2.10. The Bertz CT molecular complexity index is 586. The third-order valence-corrected chi connectivity index (χ3v) is 3.18. The summed E-state index contributed by atoms with van der Waals surface area (Å²) >= 11 is 5.87. The smallest absolute Gasteiger partial charge is 0.251 e. The lowest BCUT2D eigenvalue weighted by molar-refractivity contribution is 0.0820. The van der Waals surface area contributed by atoms with Crippen LogP contribution in [-0.2, 0) is 11.3 Å². The predicted octanol–water partition coefficient (Wildman–Crippen LogP) is 3.68. The summed E-state index contributed by atoms with van der Waals surface area (Å²) in [7, 11) is 0. The van der Waals surface area contributed by atoms with Gasteiger partial charge < -0.3 is 10.1 Å². The van der Waals surface area contributed by atoms with Gasteiger partial charge in [0, 0.05) is 16.6 Å². The summed E-state index contributed by atoms with van der Waals surface area (Å²) in [5, 5.41) is 3.44. The summed E-state index contributed by atoms with van der Waals surface area (Å²) in [6, 6.07) is 16.7. The molecule has 2 aromatic carbocycles. The monoisotopic (exact) mass is 303 g/mol. The third kappa shape index (κ3) is 5.21. The average molecular weight is 304 g/mol. The Labute approximate surface area is 129 Å². The minimum atomic E-state index is -0.145. The number of nitrogens with one attached hydrogen (secondary N) is 1. The summed E-state index contributed by atoms with van der Waals surface area (Å²) in [4.78, 5) is 12.0. The number of ether oxygens (including phenoxy) is 1. The molecule has 0 saturated heterocycles. The maximum atomic E-state index is 12.0. The van der Waals surface area contributed by atoms with Gasteiger partial charge in [0.25, 0.3) is 5.91 Å². The molecule has 1 atom stereocenters. The van der Waals surface area contributed by atoms with E-state index in [-0.39, 0.29) is 11.9 Å². The van der Waals surface area contributed by atoms with E-state index < -0.39 is 0 Å². The number of hydrogen-bond donors (Lipinski definition) is 1. The number of halogens is 1. The van der Waals surface area contributed by atoms with Crippen molar-refractivity contribution in [3.05, 3.63) is 70.7 Å². The van der Waals surface area contributed by atoms with Gasteiger partial charge in [-0.3, -0.25) is 4.79 Å². The Morgan fingerprint density at radius 3 is 2.67 bits per heavy atom. The summed E-state index contributed by atoms with van der Waals surface area (Å²) < 4.78 is 5.60. The Morgan fingerprint density at radius 2 is 1.95 bits per heavy atom. The average Bonchev–Trinajstić information content (AvgIpc) is 2.48. The fraction of sp³-hybridized carbons (Fsp3) is 0.235. The molecule has 0 aliphatic carbocycles. The van der Waals surface area contributed by atoms with Gasteiger partial charge >= 0.3 is 0 Å². The van der Waals surface area contributed by atoms with Crippen LogP contribution in [0.4, 0.5) is 0 Å². The third-order valence-electron chi connectivity index (χ3n) is 2.94. The van der Waals surface area contributed by atoms with Crippen molar-refractivity contribution in [3.8, 4) is 0 Å². The predicted molar refractivity (Wildman–Crippen MR) is 84.5 cm³/mol. The van der Waals surface area contributed by atoms with Crippen LogP contribution in [0.5, 0.6) is 0 Å². The summed E-state index contributed by atoms with van der Waals surface area (Å²) in [6.45, 7) is 2.91. The maximum absolute atomic E-state index is 12.0. The van der Waals surface area contributed by atoms with Gasteiger partial charge in [-0.25, -0.2) is 0 Å². The van der Waals surface area contributed by atoms with E-state index in [1.807, 2.05) is 37.3 Å². The lowest BCUT2D eigenvalue weighted by Gasteiger charge is -2.14. The van der Waals surface area contributed by atoms with Gasteiger partial charge in [0.15, 0.2) is 0 Å². The molecule has 1 N–H and O–H groups in total. The summed E-state index contributed by atoms with van der Waals surface area (Å²) in [6.07, 6.45) is 0. The lowest BCUT2D eigenvalue weighted by Crippen LogP contribution is -2.35. The number of amides is 1. The number of rotatable bonds is 6. The van der Waals surface area contributed by atoms with Crippen LogP contribution >= 0.6 is 11.6 Å². The van der Waals surface area contributed by atoms with E-state index in [1.54, 1.807) is 24.3 Å². The second kappa shape index (κ2) is 7.81. The van der Waals surface area contributed by atoms with E-state index >= 15 is 0 Å². The van der Waals surface area contributed by atoms with Gasteiger partial charge in [0.1, 0.15) is 0 Å². The molecule has 1 unspecified atom stereocenters. The molecule has 0 radical (unpaired) electrons. The molecular weight excluding hydrogens is 286 g/mol. The highest BCUT2D eigenvalue weighted by Crippen LogP contribution is 2.10. The topological polar surface area (TPSA) is 38.3 Å². The second-order valence-corrected chi connectivity index (χ2v) is 5.32. The van der Waals surface area contributed by atoms with Gasteiger partial charge in [0.2, 0.25) is 0 Å². The summed E-state index contributed by atoms with van der Waals surface area (Å²) in [5.41, 5.74) is 1.67. The first kappa shape index (κ1) is 15.5. The summed E-state index contributed by atoms with van der Waals surface area (Å²) in [5.74, 6) is -0.145. The Hall–Kier alpha value is -1.84. The van der Waals surface area contributed by atoms with E-state index in [4.69, 9.17) is 16.3 Å². The molecule has 4 heteroatoms. The number of carbonyl (C=O) groups is 1. The molecule has 0 bridgehead atoms. The fourth-order valence-corrected chi connectivity index (χ4v) is 2.10. The SMILES string of the molecule is CC(COCc1ccccc1)NC(=O)c1cccc(Cl)c1. The fourth-order valence-electron chi connectivity index (χ4n) is 1.91. The van der Waals surface area contributed by atoms with Crippen LogP contribution in [0.3, 0.4) is 0 Å². The van der Waals surface area contributed by atoms with Crippen LogP contribution in [0.2, 0.25) is 5.02 Å². The molecule has 0 saturated carbocycles. The molecule has 1 amide bonds. The van der Waals surface area contributed by atoms with Gasteiger partial charge in [-0.2, -0.15) is 0 Å². The van der Waals surface area contributed by atoms with Crippen LogP contribution in [0.25, 0.3) is 0 Å². The molecule has 0 aromatic heterocycles. The Balaban J connectivity index is 1.76. The van der Waals surface area contributed by atoms with Crippen molar-refractivity contribution in [1.82, 2.24) is 5.32 Å².